The molecule has 1 aliphatic heterocycles. The molecule has 3 heteroatoms. The number of benzene rings is 1. The SMILES string of the molecule is C=C1C2(C(=O)N3CCN(c4ccccc4)CC3)CCC(C2)C1(C)C. The lowest BCUT2D eigenvalue weighted by Crippen LogP contribution is -2.53. The van der Waals surface area contributed by atoms with Gasteiger partial charge < -0.3 is 9.80 Å². The molecule has 2 saturated carbocycles. The van der Waals surface area contributed by atoms with Gasteiger partial charge in [-0.05, 0) is 42.7 Å². The summed E-state index contributed by atoms with van der Waals surface area (Å²) >= 11 is 0. The lowest BCUT2D eigenvalue weighted by molar-refractivity contribution is -0.140. The van der Waals surface area contributed by atoms with Crippen molar-refractivity contribution in [2.75, 3.05) is 31.1 Å². The minimum absolute atomic E-state index is 0.125. The van der Waals surface area contributed by atoms with Crippen molar-refractivity contribution in [2.24, 2.45) is 16.7 Å². The van der Waals surface area contributed by atoms with Crippen LogP contribution in [0.2, 0.25) is 0 Å². The highest BCUT2D eigenvalue weighted by atomic mass is 16.2. The van der Waals surface area contributed by atoms with Crippen LogP contribution in [0.5, 0.6) is 0 Å². The number of amides is 1. The summed E-state index contributed by atoms with van der Waals surface area (Å²) in [6.45, 7) is 12.4. The molecule has 1 aromatic rings. The Labute approximate surface area is 145 Å². The minimum Gasteiger partial charge on any atom is -0.368 e. The van der Waals surface area contributed by atoms with Crippen molar-refractivity contribution >= 4 is 11.6 Å². The molecule has 3 aliphatic rings. The molecule has 0 spiro atoms. The van der Waals surface area contributed by atoms with Crippen LogP contribution in [-0.2, 0) is 4.79 Å². The van der Waals surface area contributed by atoms with E-state index in [1.54, 1.807) is 0 Å². The molecule has 2 unspecified atom stereocenters. The van der Waals surface area contributed by atoms with Crippen LogP contribution in [0.4, 0.5) is 5.69 Å². The fourth-order valence-electron chi connectivity index (χ4n) is 5.23. The number of hydrogen-bond acceptors (Lipinski definition) is 2. The minimum atomic E-state index is -0.261. The Balaban J connectivity index is 1.47. The van der Waals surface area contributed by atoms with Crippen LogP contribution in [-0.4, -0.2) is 37.0 Å². The van der Waals surface area contributed by atoms with Crippen LogP contribution in [0, 0.1) is 16.7 Å². The van der Waals surface area contributed by atoms with Gasteiger partial charge in [0.15, 0.2) is 0 Å². The van der Waals surface area contributed by atoms with Gasteiger partial charge in [0.2, 0.25) is 5.91 Å². The first-order chi connectivity index (χ1) is 11.4. The molecule has 1 aromatic carbocycles. The van der Waals surface area contributed by atoms with E-state index in [-0.39, 0.29) is 10.8 Å². The number of hydrogen-bond donors (Lipinski definition) is 0. The molecule has 128 valence electrons. The zero-order valence-electron chi connectivity index (χ0n) is 14.9. The number of piperazine rings is 1. The summed E-state index contributed by atoms with van der Waals surface area (Å²) < 4.78 is 0. The summed E-state index contributed by atoms with van der Waals surface area (Å²) in [5.74, 6) is 0.993. The first-order valence-corrected chi connectivity index (χ1v) is 9.24. The van der Waals surface area contributed by atoms with E-state index < -0.39 is 0 Å². The van der Waals surface area contributed by atoms with E-state index in [9.17, 15) is 4.79 Å². The Bertz CT molecular complexity index is 658. The molecule has 2 atom stereocenters. The predicted octanol–water partition coefficient (Wildman–Crippen LogP) is 3.72. The quantitative estimate of drug-likeness (QED) is 0.774. The van der Waals surface area contributed by atoms with Crippen molar-refractivity contribution < 1.29 is 4.79 Å². The van der Waals surface area contributed by atoms with Crippen LogP contribution in [0.1, 0.15) is 33.1 Å². The molecule has 1 saturated heterocycles. The molecule has 1 heterocycles. The highest BCUT2D eigenvalue weighted by molar-refractivity contribution is 5.88. The molecule has 3 fully saturated rings. The fraction of sp³-hybridized carbons (Fsp3) is 0.571. The first kappa shape index (κ1) is 15.7. The lowest BCUT2D eigenvalue weighted by Gasteiger charge is -2.42. The maximum absolute atomic E-state index is 13.4. The van der Waals surface area contributed by atoms with Crippen LogP contribution in [0.15, 0.2) is 42.5 Å². The van der Waals surface area contributed by atoms with Crippen molar-refractivity contribution in [3.05, 3.63) is 42.5 Å². The Morgan fingerprint density at radius 2 is 1.79 bits per heavy atom. The third-order valence-electron chi connectivity index (χ3n) is 6.99. The van der Waals surface area contributed by atoms with Crippen LogP contribution < -0.4 is 4.90 Å². The van der Waals surface area contributed by atoms with Crippen molar-refractivity contribution in [2.45, 2.75) is 33.1 Å². The second kappa shape index (κ2) is 5.37. The predicted molar refractivity (Wildman–Crippen MR) is 97.9 cm³/mol. The van der Waals surface area contributed by atoms with E-state index in [0.717, 1.165) is 39.0 Å². The molecule has 2 aliphatic carbocycles. The molecular formula is C21H28N2O. The maximum atomic E-state index is 13.4. The van der Waals surface area contributed by atoms with Gasteiger partial charge in [-0.15, -0.1) is 0 Å². The molecule has 2 bridgehead atoms. The molecular weight excluding hydrogens is 296 g/mol. The largest absolute Gasteiger partial charge is 0.368 e. The normalized spacial score (nSPS) is 31.6. The average Bonchev–Trinajstić information content (AvgIpc) is 3.14. The summed E-state index contributed by atoms with van der Waals surface area (Å²) in [5, 5.41) is 0. The summed E-state index contributed by atoms with van der Waals surface area (Å²) in [4.78, 5) is 17.9. The Morgan fingerprint density at radius 3 is 2.38 bits per heavy atom. The zero-order valence-corrected chi connectivity index (χ0v) is 14.9. The van der Waals surface area contributed by atoms with Gasteiger partial charge in [-0.3, -0.25) is 4.79 Å². The molecule has 0 N–H and O–H groups in total. The molecule has 3 nitrogen and oxygen atoms in total. The number of fused-ring (bicyclic) bond motifs is 2. The summed E-state index contributed by atoms with van der Waals surface area (Å²) in [5.41, 5.74) is 2.32. The third-order valence-corrected chi connectivity index (χ3v) is 6.99. The van der Waals surface area contributed by atoms with Gasteiger partial charge in [-0.2, -0.15) is 0 Å². The maximum Gasteiger partial charge on any atom is 0.233 e. The second-order valence-corrected chi connectivity index (χ2v) is 8.34. The average molecular weight is 324 g/mol. The molecule has 0 radical (unpaired) electrons. The van der Waals surface area contributed by atoms with Crippen LogP contribution in [0.3, 0.4) is 0 Å². The standard InChI is InChI=1S/C21H28N2O/c1-16-20(2,3)17-9-10-21(16,15-17)19(24)23-13-11-22(12-14-23)18-7-5-4-6-8-18/h4-8,17H,1,9-15H2,2-3H3. The van der Waals surface area contributed by atoms with E-state index in [1.807, 2.05) is 6.07 Å². The zero-order chi connectivity index (χ0) is 16.9. The fourth-order valence-corrected chi connectivity index (χ4v) is 5.23. The Hall–Kier alpha value is -1.77. The van der Waals surface area contributed by atoms with Gasteiger partial charge in [0.25, 0.3) is 0 Å². The van der Waals surface area contributed by atoms with Crippen molar-refractivity contribution in [3.8, 4) is 0 Å². The van der Waals surface area contributed by atoms with Gasteiger partial charge in [0.05, 0.1) is 5.41 Å². The van der Waals surface area contributed by atoms with Gasteiger partial charge >= 0.3 is 0 Å². The summed E-state index contributed by atoms with van der Waals surface area (Å²) in [6.07, 6.45) is 3.22. The summed E-state index contributed by atoms with van der Waals surface area (Å²) in [7, 11) is 0. The van der Waals surface area contributed by atoms with E-state index in [1.165, 1.54) is 17.7 Å². The van der Waals surface area contributed by atoms with Crippen molar-refractivity contribution in [3.63, 3.8) is 0 Å². The topological polar surface area (TPSA) is 23.6 Å². The smallest absolute Gasteiger partial charge is 0.233 e. The third kappa shape index (κ3) is 2.13. The second-order valence-electron chi connectivity index (χ2n) is 8.34. The number of nitrogens with zero attached hydrogens (tertiary/aromatic N) is 2. The highest BCUT2D eigenvalue weighted by Gasteiger charge is 2.61. The monoisotopic (exact) mass is 324 g/mol. The van der Waals surface area contributed by atoms with Crippen LogP contribution >= 0.6 is 0 Å². The van der Waals surface area contributed by atoms with E-state index >= 15 is 0 Å². The lowest BCUT2D eigenvalue weighted by atomic mass is 9.68. The first-order valence-electron chi connectivity index (χ1n) is 9.24. The van der Waals surface area contributed by atoms with Crippen LogP contribution in [0.25, 0.3) is 0 Å². The van der Waals surface area contributed by atoms with Gasteiger partial charge in [0.1, 0.15) is 0 Å². The highest BCUT2D eigenvalue weighted by Crippen LogP contribution is 2.65. The Morgan fingerprint density at radius 1 is 1.12 bits per heavy atom. The number of para-hydroxylation sites is 1. The van der Waals surface area contributed by atoms with Crippen molar-refractivity contribution in [1.82, 2.24) is 4.90 Å². The summed E-state index contributed by atoms with van der Waals surface area (Å²) in [6, 6.07) is 10.5. The molecule has 1 amide bonds. The van der Waals surface area contributed by atoms with Gasteiger partial charge in [-0.25, -0.2) is 0 Å². The number of carbonyl (C=O) groups excluding carboxylic acids is 1. The number of carbonyl (C=O) groups is 1. The van der Waals surface area contributed by atoms with Crippen molar-refractivity contribution in [1.29, 1.82) is 0 Å². The number of anilines is 1. The molecule has 24 heavy (non-hydrogen) atoms. The Kier molecular flexibility index (Phi) is 3.52. The molecule has 4 rings (SSSR count). The van der Waals surface area contributed by atoms with Gasteiger partial charge in [0, 0.05) is 31.9 Å². The number of rotatable bonds is 2. The van der Waals surface area contributed by atoms with E-state index in [2.05, 4.69) is 54.5 Å². The molecule has 0 aromatic heterocycles. The van der Waals surface area contributed by atoms with E-state index in [4.69, 9.17) is 0 Å². The van der Waals surface area contributed by atoms with Gasteiger partial charge in [-0.1, -0.05) is 44.2 Å². The van der Waals surface area contributed by atoms with E-state index in [0.29, 0.717) is 11.8 Å².